The molecule has 0 saturated heterocycles. The fourth-order valence-electron chi connectivity index (χ4n) is 2.66. The summed E-state index contributed by atoms with van der Waals surface area (Å²) in [6.07, 6.45) is 0.848. The van der Waals surface area contributed by atoms with E-state index in [-0.39, 0.29) is 12.5 Å². The smallest absolute Gasteiger partial charge is 0.317 e. The maximum Gasteiger partial charge on any atom is 0.317 e. The SMILES string of the molecule is CC(c1ccccc1)c1nc2c(s1)CN(CC(=O)O)CC2. The quantitative estimate of drug-likeness (QED) is 0.943. The van der Waals surface area contributed by atoms with E-state index in [9.17, 15) is 4.79 Å². The van der Waals surface area contributed by atoms with Crippen LogP contribution in [-0.2, 0) is 17.8 Å². The Balaban J connectivity index is 1.79. The molecule has 3 rings (SSSR count). The Bertz CT molecular complexity index is 639. The Morgan fingerprint density at radius 1 is 1.43 bits per heavy atom. The van der Waals surface area contributed by atoms with Gasteiger partial charge in [-0.25, -0.2) is 4.98 Å². The summed E-state index contributed by atoms with van der Waals surface area (Å²) in [5.41, 5.74) is 2.42. The third-order valence-corrected chi connectivity index (χ3v) is 5.12. The zero-order chi connectivity index (χ0) is 14.8. The van der Waals surface area contributed by atoms with Gasteiger partial charge in [-0.3, -0.25) is 9.69 Å². The van der Waals surface area contributed by atoms with Crippen LogP contribution in [0.15, 0.2) is 30.3 Å². The van der Waals surface area contributed by atoms with Gasteiger partial charge in [0.25, 0.3) is 0 Å². The molecule has 0 spiro atoms. The van der Waals surface area contributed by atoms with E-state index in [1.54, 1.807) is 11.3 Å². The van der Waals surface area contributed by atoms with Gasteiger partial charge in [-0.2, -0.15) is 0 Å². The maximum atomic E-state index is 10.8. The van der Waals surface area contributed by atoms with Crippen molar-refractivity contribution in [2.75, 3.05) is 13.1 Å². The molecular formula is C16H18N2O2S. The third kappa shape index (κ3) is 3.14. The van der Waals surface area contributed by atoms with Crippen LogP contribution >= 0.6 is 11.3 Å². The molecule has 1 aromatic heterocycles. The molecule has 1 aliphatic rings. The fourth-order valence-corrected chi connectivity index (χ4v) is 3.90. The lowest BCUT2D eigenvalue weighted by Gasteiger charge is -2.23. The summed E-state index contributed by atoms with van der Waals surface area (Å²) in [5, 5.41) is 10.0. The standard InChI is InChI=1S/C16H18N2O2S/c1-11(12-5-3-2-4-6-12)16-17-13-7-8-18(10-15(19)20)9-14(13)21-16/h2-6,11H,7-10H2,1H3,(H,19,20). The first kappa shape index (κ1) is 14.2. The average molecular weight is 302 g/mol. The molecule has 110 valence electrons. The molecule has 1 unspecified atom stereocenters. The van der Waals surface area contributed by atoms with E-state index in [1.807, 2.05) is 23.1 Å². The molecule has 0 fully saturated rings. The Kier molecular flexibility index (Phi) is 4.03. The van der Waals surface area contributed by atoms with Crippen LogP contribution in [0, 0.1) is 0 Å². The molecule has 1 aromatic carbocycles. The number of fused-ring (bicyclic) bond motifs is 1. The lowest BCUT2D eigenvalue weighted by molar-refractivity contribution is -0.138. The molecule has 0 aliphatic carbocycles. The Labute approximate surface area is 128 Å². The van der Waals surface area contributed by atoms with Gasteiger partial charge in [0.05, 0.1) is 12.2 Å². The zero-order valence-electron chi connectivity index (χ0n) is 12.0. The van der Waals surface area contributed by atoms with Crippen LogP contribution in [0.5, 0.6) is 0 Å². The van der Waals surface area contributed by atoms with Crippen LogP contribution in [0.1, 0.15) is 34.0 Å². The van der Waals surface area contributed by atoms with Crippen LogP contribution in [0.25, 0.3) is 0 Å². The van der Waals surface area contributed by atoms with E-state index in [1.165, 1.54) is 10.4 Å². The highest BCUT2D eigenvalue weighted by molar-refractivity contribution is 7.11. The van der Waals surface area contributed by atoms with Gasteiger partial charge in [-0.15, -0.1) is 11.3 Å². The first-order valence-corrected chi connectivity index (χ1v) is 7.92. The van der Waals surface area contributed by atoms with E-state index in [0.29, 0.717) is 6.54 Å². The second-order valence-electron chi connectivity index (χ2n) is 5.41. The first-order chi connectivity index (χ1) is 10.1. The summed E-state index contributed by atoms with van der Waals surface area (Å²) >= 11 is 1.72. The molecule has 2 aromatic rings. The second kappa shape index (κ2) is 5.95. The van der Waals surface area contributed by atoms with Crippen LogP contribution in [0.2, 0.25) is 0 Å². The number of carbonyl (C=O) groups is 1. The lowest BCUT2D eigenvalue weighted by atomic mass is 10.0. The van der Waals surface area contributed by atoms with E-state index >= 15 is 0 Å². The number of aromatic nitrogens is 1. The molecule has 1 aliphatic heterocycles. The summed E-state index contributed by atoms with van der Waals surface area (Å²) in [4.78, 5) is 18.8. The number of nitrogens with zero attached hydrogens (tertiary/aromatic N) is 2. The van der Waals surface area contributed by atoms with Gasteiger partial charge in [0.1, 0.15) is 5.01 Å². The minimum Gasteiger partial charge on any atom is -0.480 e. The lowest BCUT2D eigenvalue weighted by Crippen LogP contribution is -2.34. The summed E-state index contributed by atoms with van der Waals surface area (Å²) in [6.45, 7) is 3.78. The van der Waals surface area contributed by atoms with Crippen molar-refractivity contribution in [3.8, 4) is 0 Å². The minimum absolute atomic E-state index is 0.112. The molecule has 4 nitrogen and oxygen atoms in total. The average Bonchev–Trinajstić information content (AvgIpc) is 2.90. The van der Waals surface area contributed by atoms with Crippen molar-refractivity contribution >= 4 is 17.3 Å². The Morgan fingerprint density at radius 3 is 2.90 bits per heavy atom. The summed E-state index contributed by atoms with van der Waals surface area (Å²) < 4.78 is 0. The summed E-state index contributed by atoms with van der Waals surface area (Å²) in [6, 6.07) is 10.4. The molecule has 0 bridgehead atoms. The van der Waals surface area contributed by atoms with Gasteiger partial charge >= 0.3 is 5.97 Å². The van der Waals surface area contributed by atoms with Gasteiger partial charge in [-0.1, -0.05) is 37.3 Å². The van der Waals surface area contributed by atoms with E-state index in [4.69, 9.17) is 10.1 Å². The number of rotatable bonds is 4. The zero-order valence-corrected chi connectivity index (χ0v) is 12.8. The van der Waals surface area contributed by atoms with Crippen LogP contribution in [0.3, 0.4) is 0 Å². The molecule has 0 radical (unpaired) electrons. The number of hydrogen-bond acceptors (Lipinski definition) is 4. The minimum atomic E-state index is -0.763. The van der Waals surface area contributed by atoms with Crippen molar-refractivity contribution in [2.24, 2.45) is 0 Å². The van der Waals surface area contributed by atoms with Crippen molar-refractivity contribution in [3.63, 3.8) is 0 Å². The molecule has 5 heteroatoms. The van der Waals surface area contributed by atoms with Gasteiger partial charge in [0.2, 0.25) is 0 Å². The van der Waals surface area contributed by atoms with Gasteiger partial charge in [0, 0.05) is 30.3 Å². The number of hydrogen-bond donors (Lipinski definition) is 1. The number of carboxylic acid groups (broad SMARTS) is 1. The fraction of sp³-hybridized carbons (Fsp3) is 0.375. The van der Waals surface area contributed by atoms with Crippen LogP contribution in [-0.4, -0.2) is 34.0 Å². The topological polar surface area (TPSA) is 53.4 Å². The highest BCUT2D eigenvalue weighted by atomic mass is 32.1. The molecule has 0 saturated carbocycles. The van der Waals surface area contributed by atoms with Crippen LogP contribution < -0.4 is 0 Å². The Morgan fingerprint density at radius 2 is 2.19 bits per heavy atom. The molecule has 0 amide bonds. The van der Waals surface area contributed by atoms with Crippen molar-refractivity contribution in [1.29, 1.82) is 0 Å². The molecule has 1 atom stereocenters. The number of aliphatic carboxylic acids is 1. The first-order valence-electron chi connectivity index (χ1n) is 7.11. The van der Waals surface area contributed by atoms with Crippen molar-refractivity contribution in [3.05, 3.63) is 51.5 Å². The van der Waals surface area contributed by atoms with Gasteiger partial charge in [0.15, 0.2) is 0 Å². The molecule has 1 N–H and O–H groups in total. The highest BCUT2D eigenvalue weighted by Gasteiger charge is 2.23. The number of benzene rings is 1. The number of carboxylic acids is 1. The van der Waals surface area contributed by atoms with Crippen molar-refractivity contribution in [1.82, 2.24) is 9.88 Å². The Hall–Kier alpha value is -1.72. The largest absolute Gasteiger partial charge is 0.480 e. The van der Waals surface area contributed by atoms with Crippen LogP contribution in [0.4, 0.5) is 0 Å². The third-order valence-electron chi connectivity index (χ3n) is 3.86. The predicted molar refractivity (Wildman–Crippen MR) is 82.7 cm³/mol. The van der Waals surface area contributed by atoms with E-state index < -0.39 is 5.97 Å². The summed E-state index contributed by atoms with van der Waals surface area (Å²) in [7, 11) is 0. The van der Waals surface area contributed by atoms with Crippen molar-refractivity contribution in [2.45, 2.75) is 25.8 Å². The predicted octanol–water partition coefficient (Wildman–Crippen LogP) is 2.74. The highest BCUT2D eigenvalue weighted by Crippen LogP contribution is 2.32. The van der Waals surface area contributed by atoms with E-state index in [2.05, 4.69) is 19.1 Å². The molecule has 2 heterocycles. The maximum absolute atomic E-state index is 10.8. The monoisotopic (exact) mass is 302 g/mol. The summed E-state index contributed by atoms with van der Waals surface area (Å²) in [5.74, 6) is -0.476. The number of thiazole rings is 1. The van der Waals surface area contributed by atoms with Crippen molar-refractivity contribution < 1.29 is 9.90 Å². The van der Waals surface area contributed by atoms with Gasteiger partial charge in [-0.05, 0) is 5.56 Å². The molecule has 21 heavy (non-hydrogen) atoms. The van der Waals surface area contributed by atoms with Gasteiger partial charge < -0.3 is 5.11 Å². The second-order valence-corrected chi connectivity index (χ2v) is 6.52. The van der Waals surface area contributed by atoms with E-state index in [0.717, 1.165) is 23.7 Å². The molecular weight excluding hydrogens is 284 g/mol. The normalized spacial score (nSPS) is 16.4.